The molecular formula is C11H8BrF3O2. The fourth-order valence-electron chi connectivity index (χ4n) is 1.76. The Morgan fingerprint density at radius 1 is 1.41 bits per heavy atom. The highest BCUT2D eigenvalue weighted by molar-refractivity contribution is 9.10. The molecule has 0 radical (unpaired) electrons. The first-order chi connectivity index (χ1) is 7.88. The van der Waals surface area contributed by atoms with Crippen LogP contribution < -0.4 is 4.74 Å². The van der Waals surface area contributed by atoms with Crippen LogP contribution in [0, 0.1) is 5.92 Å². The van der Waals surface area contributed by atoms with Crippen molar-refractivity contribution in [1.29, 1.82) is 0 Å². The van der Waals surface area contributed by atoms with Gasteiger partial charge in [-0.25, -0.2) is 0 Å². The predicted octanol–water partition coefficient (Wildman–Crippen LogP) is 3.59. The molecule has 6 heteroatoms. The van der Waals surface area contributed by atoms with E-state index in [-0.39, 0.29) is 12.2 Å². The van der Waals surface area contributed by atoms with E-state index in [1.54, 1.807) is 12.1 Å². The smallest absolute Gasteiger partial charge is 0.389 e. The molecule has 0 saturated carbocycles. The molecule has 0 amide bonds. The van der Waals surface area contributed by atoms with E-state index < -0.39 is 24.3 Å². The van der Waals surface area contributed by atoms with Crippen molar-refractivity contribution in [2.45, 2.75) is 12.6 Å². The third-order valence-corrected chi connectivity index (χ3v) is 3.13. The van der Waals surface area contributed by atoms with Crippen molar-refractivity contribution < 1.29 is 22.7 Å². The summed E-state index contributed by atoms with van der Waals surface area (Å²) in [6, 6.07) is 4.75. The van der Waals surface area contributed by atoms with Gasteiger partial charge in [-0.15, -0.1) is 0 Å². The third kappa shape index (κ3) is 2.62. The molecule has 1 aromatic rings. The lowest BCUT2D eigenvalue weighted by molar-refractivity contribution is -0.143. The number of ketones is 1. The molecule has 1 aliphatic heterocycles. The van der Waals surface area contributed by atoms with E-state index in [0.29, 0.717) is 10.2 Å². The van der Waals surface area contributed by atoms with Crippen molar-refractivity contribution in [1.82, 2.24) is 0 Å². The summed E-state index contributed by atoms with van der Waals surface area (Å²) in [5.41, 5.74) is 0.208. The molecule has 2 rings (SSSR count). The van der Waals surface area contributed by atoms with E-state index in [0.717, 1.165) is 0 Å². The Hall–Kier alpha value is -1.04. The van der Waals surface area contributed by atoms with Gasteiger partial charge in [-0.05, 0) is 28.1 Å². The van der Waals surface area contributed by atoms with E-state index in [9.17, 15) is 18.0 Å². The highest BCUT2D eigenvalue weighted by Crippen LogP contribution is 2.37. The van der Waals surface area contributed by atoms with Gasteiger partial charge in [0, 0.05) is 0 Å². The zero-order valence-electron chi connectivity index (χ0n) is 8.55. The summed E-state index contributed by atoms with van der Waals surface area (Å²) in [4.78, 5) is 11.8. The topological polar surface area (TPSA) is 26.3 Å². The van der Waals surface area contributed by atoms with Crippen LogP contribution in [0.4, 0.5) is 13.2 Å². The Bertz CT molecular complexity index is 457. The van der Waals surface area contributed by atoms with Gasteiger partial charge in [-0.3, -0.25) is 4.79 Å². The number of Topliss-reactive ketones (excluding diaryl/α,β-unsaturated/α-hetero) is 1. The lowest BCUT2D eigenvalue weighted by Gasteiger charge is -2.25. The number of hydrogen-bond donors (Lipinski definition) is 0. The first-order valence-electron chi connectivity index (χ1n) is 4.91. The van der Waals surface area contributed by atoms with Crippen LogP contribution in [0.1, 0.15) is 16.8 Å². The monoisotopic (exact) mass is 308 g/mol. The number of alkyl halides is 3. The molecule has 0 aromatic heterocycles. The lowest BCUT2D eigenvalue weighted by atomic mass is 9.92. The van der Waals surface area contributed by atoms with E-state index in [4.69, 9.17) is 4.74 Å². The number of ether oxygens (including phenoxy) is 1. The summed E-state index contributed by atoms with van der Waals surface area (Å²) in [5.74, 6) is -1.32. The summed E-state index contributed by atoms with van der Waals surface area (Å²) >= 11 is 3.19. The van der Waals surface area contributed by atoms with Gasteiger partial charge < -0.3 is 4.74 Å². The average Bonchev–Trinajstić information content (AvgIpc) is 2.21. The van der Waals surface area contributed by atoms with Gasteiger partial charge in [0.1, 0.15) is 5.75 Å². The van der Waals surface area contributed by atoms with Crippen LogP contribution in [0.5, 0.6) is 5.75 Å². The number of rotatable bonds is 1. The molecule has 1 atom stereocenters. The molecule has 0 spiro atoms. The summed E-state index contributed by atoms with van der Waals surface area (Å²) < 4.78 is 42.5. The zero-order chi connectivity index (χ0) is 12.6. The van der Waals surface area contributed by atoms with Gasteiger partial charge in [-0.2, -0.15) is 13.2 Å². The van der Waals surface area contributed by atoms with E-state index >= 15 is 0 Å². The molecule has 0 saturated heterocycles. The maximum absolute atomic E-state index is 12.3. The molecule has 1 unspecified atom stereocenters. The molecule has 0 fully saturated rings. The molecular weight excluding hydrogens is 301 g/mol. The summed E-state index contributed by atoms with van der Waals surface area (Å²) in [7, 11) is 0. The molecule has 0 N–H and O–H groups in total. The molecule has 0 aliphatic carbocycles. The number of carbonyl (C=O) groups is 1. The molecule has 1 heterocycles. The van der Waals surface area contributed by atoms with Crippen molar-refractivity contribution in [3.8, 4) is 5.75 Å². The maximum atomic E-state index is 12.3. The Morgan fingerprint density at radius 2 is 2.12 bits per heavy atom. The second kappa shape index (κ2) is 4.33. The third-order valence-electron chi connectivity index (χ3n) is 2.51. The number of halogens is 4. The summed E-state index contributed by atoms with van der Waals surface area (Å²) in [6.45, 7) is -0.228. The summed E-state index contributed by atoms with van der Waals surface area (Å²) in [5, 5.41) is 0. The Labute approximate surface area is 104 Å². The van der Waals surface area contributed by atoms with Gasteiger partial charge in [0.05, 0.1) is 29.0 Å². The second-order valence-corrected chi connectivity index (χ2v) is 4.66. The van der Waals surface area contributed by atoms with E-state index in [2.05, 4.69) is 15.9 Å². The molecule has 0 bridgehead atoms. The quantitative estimate of drug-likeness (QED) is 0.792. The average molecular weight is 309 g/mol. The normalized spacial score (nSPS) is 19.8. The van der Waals surface area contributed by atoms with E-state index in [1.165, 1.54) is 6.07 Å². The van der Waals surface area contributed by atoms with Crippen LogP contribution in [0.2, 0.25) is 0 Å². The van der Waals surface area contributed by atoms with Gasteiger partial charge >= 0.3 is 6.18 Å². The van der Waals surface area contributed by atoms with Gasteiger partial charge in [0.25, 0.3) is 0 Å². The van der Waals surface area contributed by atoms with Crippen molar-refractivity contribution in [2.24, 2.45) is 5.92 Å². The Kier molecular flexibility index (Phi) is 3.16. The summed E-state index contributed by atoms with van der Waals surface area (Å²) in [6.07, 6.45) is -5.50. The van der Waals surface area contributed by atoms with Crippen LogP contribution in [0.3, 0.4) is 0 Å². The van der Waals surface area contributed by atoms with Crippen LogP contribution in [0.15, 0.2) is 22.7 Å². The van der Waals surface area contributed by atoms with Crippen molar-refractivity contribution >= 4 is 21.7 Å². The van der Waals surface area contributed by atoms with Crippen LogP contribution in [0.25, 0.3) is 0 Å². The number of fused-ring (bicyclic) bond motifs is 1. The van der Waals surface area contributed by atoms with E-state index in [1.807, 2.05) is 0 Å². The van der Waals surface area contributed by atoms with Crippen molar-refractivity contribution in [3.05, 3.63) is 28.2 Å². The first kappa shape index (κ1) is 12.4. The SMILES string of the molecule is O=C1c2cccc(Br)c2OCC1CC(F)(F)F. The molecule has 17 heavy (non-hydrogen) atoms. The number of hydrogen-bond acceptors (Lipinski definition) is 2. The Morgan fingerprint density at radius 3 is 2.76 bits per heavy atom. The molecule has 2 nitrogen and oxygen atoms in total. The fraction of sp³-hybridized carbons (Fsp3) is 0.364. The van der Waals surface area contributed by atoms with Crippen molar-refractivity contribution in [2.75, 3.05) is 6.61 Å². The molecule has 1 aliphatic rings. The molecule has 92 valence electrons. The number of carbonyl (C=O) groups excluding carboxylic acids is 1. The predicted molar refractivity (Wildman–Crippen MR) is 58.1 cm³/mol. The minimum absolute atomic E-state index is 0.208. The zero-order valence-corrected chi connectivity index (χ0v) is 10.1. The maximum Gasteiger partial charge on any atom is 0.389 e. The van der Waals surface area contributed by atoms with Crippen molar-refractivity contribution in [3.63, 3.8) is 0 Å². The Balaban J connectivity index is 2.28. The minimum atomic E-state index is -4.35. The van der Waals surface area contributed by atoms with Crippen LogP contribution in [-0.2, 0) is 0 Å². The van der Waals surface area contributed by atoms with Gasteiger partial charge in [0.2, 0.25) is 0 Å². The lowest BCUT2D eigenvalue weighted by Crippen LogP contribution is -2.32. The van der Waals surface area contributed by atoms with Crippen LogP contribution >= 0.6 is 15.9 Å². The largest absolute Gasteiger partial charge is 0.491 e. The number of benzene rings is 1. The standard InChI is InChI=1S/C11H8BrF3O2/c12-8-3-1-2-7-9(16)6(4-11(13,14)15)5-17-10(7)8/h1-3,6H,4-5H2. The first-order valence-corrected chi connectivity index (χ1v) is 5.70. The van der Waals surface area contributed by atoms with Gasteiger partial charge in [0.15, 0.2) is 5.78 Å². The van der Waals surface area contributed by atoms with Gasteiger partial charge in [-0.1, -0.05) is 6.07 Å². The fourth-order valence-corrected chi connectivity index (χ4v) is 2.24. The highest BCUT2D eigenvalue weighted by atomic mass is 79.9. The highest BCUT2D eigenvalue weighted by Gasteiger charge is 2.39. The number of para-hydroxylation sites is 1. The van der Waals surface area contributed by atoms with Crippen LogP contribution in [-0.4, -0.2) is 18.6 Å². The molecule has 1 aromatic carbocycles. The minimum Gasteiger partial charge on any atom is -0.491 e. The second-order valence-electron chi connectivity index (χ2n) is 3.81.